The highest BCUT2D eigenvalue weighted by Crippen LogP contribution is 2.41. The molecule has 0 aromatic heterocycles. The molecule has 2 amide bonds. The minimum atomic E-state index is -3.72. The van der Waals surface area contributed by atoms with Crippen molar-refractivity contribution in [2.45, 2.75) is 90.4 Å². The normalized spacial score (nSPS) is 21.5. The van der Waals surface area contributed by atoms with E-state index >= 15 is 0 Å². The third-order valence-corrected chi connectivity index (χ3v) is 10.7. The highest BCUT2D eigenvalue weighted by Gasteiger charge is 2.56. The first kappa shape index (κ1) is 43.6. The molecule has 0 unspecified atom stereocenters. The summed E-state index contributed by atoms with van der Waals surface area (Å²) >= 11 is 0. The van der Waals surface area contributed by atoms with Crippen LogP contribution in [0.15, 0.2) is 66.7 Å². The average Bonchev–Trinajstić information content (AvgIpc) is 3.98. The van der Waals surface area contributed by atoms with Gasteiger partial charge in [0.05, 0.1) is 29.7 Å². The average molecular weight is 851 g/mol. The molecule has 0 bridgehead atoms. The van der Waals surface area contributed by atoms with Gasteiger partial charge in [0, 0.05) is 39.5 Å². The van der Waals surface area contributed by atoms with Gasteiger partial charge in [-0.3, -0.25) is 24.0 Å². The van der Waals surface area contributed by atoms with Crippen LogP contribution in [-0.2, 0) is 70.6 Å². The molecule has 18 heteroatoms. The van der Waals surface area contributed by atoms with Crippen LogP contribution in [0.25, 0.3) is 0 Å². The van der Waals surface area contributed by atoms with E-state index in [-0.39, 0.29) is 48.6 Å². The third-order valence-electron chi connectivity index (χ3n) is 9.76. The number of carbonyl (C=O) groups excluding carboxylic acids is 6. The molecule has 0 radical (unpaired) electrons. The molecule has 1 saturated carbocycles. The summed E-state index contributed by atoms with van der Waals surface area (Å²) in [6.07, 6.45) is -5.84. The van der Waals surface area contributed by atoms with Crippen molar-refractivity contribution in [2.24, 2.45) is 5.92 Å². The number of benzene rings is 3. The molecule has 3 aromatic rings. The molecule has 1 N–H and O–H groups in total. The number of hydrogen-bond donors (Lipinski definition) is 1. The van der Waals surface area contributed by atoms with Crippen LogP contribution in [0.4, 0.5) is 5.69 Å². The molecular weight excluding hydrogens is 805 g/mol. The zero-order valence-electron chi connectivity index (χ0n) is 33.6. The second-order valence-electron chi connectivity index (χ2n) is 14.6. The predicted molar refractivity (Wildman–Crippen MR) is 210 cm³/mol. The van der Waals surface area contributed by atoms with Crippen molar-refractivity contribution in [3.63, 3.8) is 0 Å². The summed E-state index contributed by atoms with van der Waals surface area (Å²) < 4.78 is 66.2. The van der Waals surface area contributed by atoms with Gasteiger partial charge in [-0.1, -0.05) is 48.5 Å². The summed E-state index contributed by atoms with van der Waals surface area (Å²) in [4.78, 5) is 79.2. The predicted octanol–water partition coefficient (Wildman–Crippen LogP) is 3.82. The van der Waals surface area contributed by atoms with Crippen LogP contribution in [0.1, 0.15) is 73.6 Å². The summed E-state index contributed by atoms with van der Waals surface area (Å²) in [6, 6.07) is 17.2. The summed E-state index contributed by atoms with van der Waals surface area (Å²) in [5.74, 6) is -4.91. The number of carbonyl (C=O) groups is 6. The largest absolute Gasteiger partial charge is 0.490 e. The lowest BCUT2D eigenvalue weighted by Gasteiger charge is -2.43. The van der Waals surface area contributed by atoms with Gasteiger partial charge < -0.3 is 43.4 Å². The third kappa shape index (κ3) is 10.6. The SMILES string of the molecule is CCOc1cc([C@@H](CS(C)(=O)=O)N2Cc3cccc(NC(=O)C4CC4)c3C2=O)ccc1O[C@@H]1O[C@H](C(=O)OCc2ccccc2)[C@@H](OC(C)=O)[C@H](OC(C)=O)[C@H]1OC(C)=O. The van der Waals surface area contributed by atoms with Crippen LogP contribution in [0.3, 0.4) is 0 Å². The Morgan fingerprint density at radius 2 is 1.52 bits per heavy atom. The van der Waals surface area contributed by atoms with Crippen LogP contribution < -0.4 is 14.8 Å². The highest BCUT2D eigenvalue weighted by atomic mass is 32.2. The number of anilines is 1. The van der Waals surface area contributed by atoms with Crippen LogP contribution in [0.2, 0.25) is 0 Å². The molecule has 60 heavy (non-hydrogen) atoms. The molecule has 3 aromatic carbocycles. The zero-order valence-corrected chi connectivity index (χ0v) is 34.4. The zero-order chi connectivity index (χ0) is 43.3. The van der Waals surface area contributed by atoms with E-state index in [1.807, 2.05) is 0 Å². The molecule has 1 aliphatic carbocycles. The van der Waals surface area contributed by atoms with E-state index in [2.05, 4.69) is 5.32 Å². The first-order valence-corrected chi connectivity index (χ1v) is 21.3. The summed E-state index contributed by atoms with van der Waals surface area (Å²) in [6.45, 7) is 4.81. The number of hydrogen-bond acceptors (Lipinski definition) is 15. The van der Waals surface area contributed by atoms with E-state index in [9.17, 15) is 37.2 Å². The van der Waals surface area contributed by atoms with Crippen LogP contribution >= 0.6 is 0 Å². The van der Waals surface area contributed by atoms with Crippen molar-refractivity contribution in [1.29, 1.82) is 0 Å². The Morgan fingerprint density at radius 3 is 2.15 bits per heavy atom. The maximum atomic E-state index is 14.1. The number of amides is 2. The van der Waals surface area contributed by atoms with Crippen molar-refractivity contribution in [1.82, 2.24) is 4.90 Å². The number of rotatable bonds is 16. The molecule has 1 saturated heterocycles. The van der Waals surface area contributed by atoms with E-state index in [4.69, 9.17) is 33.2 Å². The summed E-state index contributed by atoms with van der Waals surface area (Å²) in [5.41, 5.74) is 2.19. The topological polar surface area (TPSA) is 216 Å². The molecule has 3 aliphatic rings. The molecule has 0 spiro atoms. The number of sulfone groups is 1. The van der Waals surface area contributed by atoms with Gasteiger partial charge >= 0.3 is 23.9 Å². The van der Waals surface area contributed by atoms with Gasteiger partial charge in [0.25, 0.3) is 5.91 Å². The lowest BCUT2D eigenvalue weighted by Crippen LogP contribution is -2.64. The van der Waals surface area contributed by atoms with E-state index in [0.717, 1.165) is 39.9 Å². The van der Waals surface area contributed by atoms with Crippen molar-refractivity contribution in [3.05, 3.63) is 89.0 Å². The monoisotopic (exact) mass is 850 g/mol. The molecule has 6 atom stereocenters. The van der Waals surface area contributed by atoms with Gasteiger partial charge in [0.15, 0.2) is 29.8 Å². The fourth-order valence-electron chi connectivity index (χ4n) is 7.06. The number of ether oxygens (including phenoxy) is 7. The Bertz CT molecular complexity index is 2240. The van der Waals surface area contributed by atoms with Crippen molar-refractivity contribution in [3.8, 4) is 11.5 Å². The lowest BCUT2D eigenvalue weighted by atomic mass is 9.97. The second-order valence-corrected chi connectivity index (χ2v) is 16.8. The smallest absolute Gasteiger partial charge is 0.339 e. The maximum Gasteiger partial charge on any atom is 0.339 e. The van der Waals surface area contributed by atoms with Gasteiger partial charge in [-0.25, -0.2) is 13.2 Å². The molecule has 320 valence electrons. The number of esters is 4. The minimum Gasteiger partial charge on any atom is -0.490 e. The lowest BCUT2D eigenvalue weighted by molar-refractivity contribution is -0.283. The van der Waals surface area contributed by atoms with Gasteiger partial charge in [-0.05, 0) is 54.7 Å². The summed E-state index contributed by atoms with van der Waals surface area (Å²) in [5, 5.41) is 2.85. The highest BCUT2D eigenvalue weighted by molar-refractivity contribution is 7.90. The van der Waals surface area contributed by atoms with Crippen LogP contribution in [0.5, 0.6) is 11.5 Å². The fourth-order valence-corrected chi connectivity index (χ4v) is 8.01. The van der Waals surface area contributed by atoms with Gasteiger partial charge in [-0.2, -0.15) is 0 Å². The van der Waals surface area contributed by atoms with E-state index in [1.54, 1.807) is 55.5 Å². The molecular formula is C42H46N2O15S. The molecule has 6 rings (SSSR count). The van der Waals surface area contributed by atoms with Crippen molar-refractivity contribution < 1.29 is 70.3 Å². The second kappa shape index (κ2) is 18.5. The van der Waals surface area contributed by atoms with E-state index in [0.29, 0.717) is 22.4 Å². The maximum absolute atomic E-state index is 14.1. The Balaban J connectivity index is 1.34. The van der Waals surface area contributed by atoms with E-state index in [1.165, 1.54) is 23.1 Å². The number of nitrogens with one attached hydrogen (secondary N) is 1. The van der Waals surface area contributed by atoms with Crippen LogP contribution in [-0.4, -0.2) is 98.3 Å². The quantitative estimate of drug-likeness (QED) is 0.160. The fraction of sp³-hybridized carbons (Fsp3) is 0.429. The molecule has 2 fully saturated rings. The Morgan fingerprint density at radius 1 is 0.850 bits per heavy atom. The number of nitrogens with zero attached hydrogens (tertiary/aromatic N) is 1. The minimum absolute atomic E-state index is 0.0366. The standard InChI is InChI=1S/C42H46N2O15S/c1-6-53-33-19-28(31(22-60(5,51)52)44-20-29-13-10-14-30(34(29)40(44)49)43-39(48)27-15-16-27)17-18-32(33)58-42-38(57-25(4)47)36(56-24(3)46)35(55-23(2)45)37(59-42)41(50)54-21-26-11-8-7-9-12-26/h7-14,17-19,27,31,35-38,42H,6,15-16,20-22H2,1-5H3,(H,43,48)/t31-,35+,36+,37+,38-,42-/m1/s1. The number of fused-ring (bicyclic) bond motifs is 1. The molecule has 2 aliphatic heterocycles. The Kier molecular flexibility index (Phi) is 13.4. The molecule has 17 nitrogen and oxygen atoms in total. The van der Waals surface area contributed by atoms with Gasteiger partial charge in [0.1, 0.15) is 16.4 Å². The van der Waals surface area contributed by atoms with Gasteiger partial charge in [-0.15, -0.1) is 0 Å². The van der Waals surface area contributed by atoms with Crippen molar-refractivity contribution >= 4 is 51.2 Å². The Labute approximate surface area is 346 Å². The van der Waals surface area contributed by atoms with E-state index < -0.39 is 82.1 Å². The first-order chi connectivity index (χ1) is 28.5. The van der Waals surface area contributed by atoms with Crippen molar-refractivity contribution in [2.75, 3.05) is 23.9 Å². The van der Waals surface area contributed by atoms with Crippen LogP contribution in [0, 0.1) is 5.92 Å². The summed E-state index contributed by atoms with van der Waals surface area (Å²) in [7, 11) is -3.72. The first-order valence-electron chi connectivity index (χ1n) is 19.3. The Hall–Kier alpha value is -6.01. The van der Waals surface area contributed by atoms with Gasteiger partial charge in [0.2, 0.25) is 18.3 Å². The molecule has 2 heterocycles.